The number of rotatable bonds is 2. The fourth-order valence-electron chi connectivity index (χ4n) is 0.776. The van der Waals surface area contributed by atoms with Crippen LogP contribution in [0.15, 0.2) is 11.8 Å². The van der Waals surface area contributed by atoms with Gasteiger partial charge in [0.05, 0.1) is 11.9 Å². The van der Waals surface area contributed by atoms with Gasteiger partial charge in [0.25, 0.3) is 0 Å². The lowest BCUT2D eigenvalue weighted by Crippen LogP contribution is -1.96. The maximum atomic E-state index is 3.84. The standard InChI is InChI=1S/C8H12BrN3/c1-6(7(2)9)4-8-5-10-11-12(8)3/h4-5,7H,1-3H3/b6-4+. The monoisotopic (exact) mass is 229 g/mol. The topological polar surface area (TPSA) is 30.7 Å². The fourth-order valence-corrected chi connectivity index (χ4v) is 0.909. The molecule has 0 aliphatic heterocycles. The van der Waals surface area contributed by atoms with Gasteiger partial charge in [-0.3, -0.25) is 0 Å². The molecule has 0 aliphatic carbocycles. The Morgan fingerprint density at radius 1 is 1.75 bits per heavy atom. The normalized spacial score (nSPS) is 14.8. The quantitative estimate of drug-likeness (QED) is 0.727. The van der Waals surface area contributed by atoms with E-state index in [2.05, 4.69) is 46.2 Å². The molecule has 0 saturated carbocycles. The number of hydrogen-bond donors (Lipinski definition) is 0. The largest absolute Gasteiger partial charge is 0.248 e. The second kappa shape index (κ2) is 3.85. The number of halogens is 1. The minimum atomic E-state index is 0.396. The van der Waals surface area contributed by atoms with Gasteiger partial charge in [-0.1, -0.05) is 26.7 Å². The molecule has 0 fully saturated rings. The zero-order valence-electron chi connectivity index (χ0n) is 7.45. The Balaban J connectivity index is 2.87. The molecule has 3 nitrogen and oxygen atoms in total. The van der Waals surface area contributed by atoms with Crippen LogP contribution >= 0.6 is 15.9 Å². The van der Waals surface area contributed by atoms with E-state index in [-0.39, 0.29) is 0 Å². The van der Waals surface area contributed by atoms with Gasteiger partial charge in [0.15, 0.2) is 0 Å². The molecule has 0 aliphatic rings. The molecule has 0 N–H and O–H groups in total. The van der Waals surface area contributed by atoms with E-state index in [1.807, 2.05) is 7.05 Å². The van der Waals surface area contributed by atoms with Crippen molar-refractivity contribution < 1.29 is 0 Å². The molecule has 1 aromatic heterocycles. The molecule has 1 aromatic rings. The minimum Gasteiger partial charge on any atom is -0.248 e. The van der Waals surface area contributed by atoms with Crippen molar-refractivity contribution in [2.75, 3.05) is 0 Å². The van der Waals surface area contributed by atoms with Gasteiger partial charge >= 0.3 is 0 Å². The van der Waals surface area contributed by atoms with Gasteiger partial charge in [-0.15, -0.1) is 5.10 Å². The minimum absolute atomic E-state index is 0.396. The number of aryl methyl sites for hydroxylation is 1. The third kappa shape index (κ3) is 2.17. The van der Waals surface area contributed by atoms with Crippen molar-refractivity contribution in [3.8, 4) is 0 Å². The van der Waals surface area contributed by atoms with E-state index in [4.69, 9.17) is 0 Å². The van der Waals surface area contributed by atoms with E-state index in [0.717, 1.165) is 5.69 Å². The fraction of sp³-hybridized carbons (Fsp3) is 0.500. The van der Waals surface area contributed by atoms with Crippen LogP contribution < -0.4 is 0 Å². The first-order valence-corrected chi connectivity index (χ1v) is 4.69. The van der Waals surface area contributed by atoms with E-state index in [9.17, 15) is 0 Å². The van der Waals surface area contributed by atoms with E-state index in [0.29, 0.717) is 4.83 Å². The lowest BCUT2D eigenvalue weighted by atomic mass is 10.2. The summed E-state index contributed by atoms with van der Waals surface area (Å²) in [6, 6.07) is 0. The average Bonchev–Trinajstić information content (AvgIpc) is 2.36. The third-order valence-corrected chi connectivity index (χ3v) is 2.47. The molecule has 12 heavy (non-hydrogen) atoms. The van der Waals surface area contributed by atoms with Gasteiger partial charge in [0, 0.05) is 11.9 Å². The number of allylic oxidation sites excluding steroid dienone is 1. The molecule has 4 heteroatoms. The average molecular weight is 230 g/mol. The molecular weight excluding hydrogens is 218 g/mol. The second-order valence-electron chi connectivity index (χ2n) is 2.79. The highest BCUT2D eigenvalue weighted by Crippen LogP contribution is 2.13. The lowest BCUT2D eigenvalue weighted by molar-refractivity contribution is 0.709. The lowest BCUT2D eigenvalue weighted by Gasteiger charge is -2.02. The second-order valence-corrected chi connectivity index (χ2v) is 4.16. The Morgan fingerprint density at radius 2 is 2.42 bits per heavy atom. The van der Waals surface area contributed by atoms with Crippen molar-refractivity contribution in [3.63, 3.8) is 0 Å². The summed E-state index contributed by atoms with van der Waals surface area (Å²) in [5.74, 6) is 0. The van der Waals surface area contributed by atoms with Crippen molar-refractivity contribution >= 4 is 22.0 Å². The van der Waals surface area contributed by atoms with Gasteiger partial charge in [-0.05, 0) is 19.9 Å². The SMILES string of the molecule is C/C(=C\c1cnnn1C)C(C)Br. The van der Waals surface area contributed by atoms with Crippen molar-refractivity contribution in [1.29, 1.82) is 0 Å². The van der Waals surface area contributed by atoms with Crippen LogP contribution in [0.4, 0.5) is 0 Å². The molecule has 1 rings (SSSR count). The van der Waals surface area contributed by atoms with Gasteiger partial charge < -0.3 is 0 Å². The summed E-state index contributed by atoms with van der Waals surface area (Å²) < 4.78 is 1.75. The van der Waals surface area contributed by atoms with Crippen LogP contribution in [-0.4, -0.2) is 19.8 Å². The molecule has 0 aromatic carbocycles. The summed E-state index contributed by atoms with van der Waals surface area (Å²) in [5.41, 5.74) is 2.29. The molecule has 0 bridgehead atoms. The predicted octanol–water partition coefficient (Wildman–Crippen LogP) is 2.00. The number of hydrogen-bond acceptors (Lipinski definition) is 2. The maximum absolute atomic E-state index is 3.84. The molecule has 0 amide bonds. The van der Waals surface area contributed by atoms with Crippen molar-refractivity contribution in [2.45, 2.75) is 18.7 Å². The van der Waals surface area contributed by atoms with Crippen LogP contribution in [0.3, 0.4) is 0 Å². The molecule has 0 radical (unpaired) electrons. The highest BCUT2D eigenvalue weighted by Gasteiger charge is 2.00. The van der Waals surface area contributed by atoms with Gasteiger partial charge in [-0.25, -0.2) is 4.68 Å². The first-order valence-electron chi connectivity index (χ1n) is 3.78. The van der Waals surface area contributed by atoms with E-state index in [1.54, 1.807) is 10.9 Å². The van der Waals surface area contributed by atoms with Crippen LogP contribution in [0.5, 0.6) is 0 Å². The molecular formula is C8H12BrN3. The van der Waals surface area contributed by atoms with Crippen LogP contribution in [0.2, 0.25) is 0 Å². The molecule has 1 unspecified atom stereocenters. The molecule has 1 heterocycles. The Bertz CT molecular complexity index is 288. The van der Waals surface area contributed by atoms with E-state index in [1.165, 1.54) is 5.57 Å². The number of alkyl halides is 1. The van der Waals surface area contributed by atoms with Crippen LogP contribution in [0.25, 0.3) is 6.08 Å². The Labute approximate surface area is 80.6 Å². The third-order valence-electron chi connectivity index (χ3n) is 1.75. The maximum Gasteiger partial charge on any atom is 0.0809 e. The van der Waals surface area contributed by atoms with Gasteiger partial charge in [0.1, 0.15) is 0 Å². The van der Waals surface area contributed by atoms with Crippen LogP contribution in [-0.2, 0) is 7.05 Å². The zero-order chi connectivity index (χ0) is 9.14. The van der Waals surface area contributed by atoms with Crippen molar-refractivity contribution in [1.82, 2.24) is 15.0 Å². The molecule has 0 saturated heterocycles. The molecule has 1 atom stereocenters. The summed E-state index contributed by atoms with van der Waals surface area (Å²) in [7, 11) is 1.88. The summed E-state index contributed by atoms with van der Waals surface area (Å²) in [6.07, 6.45) is 3.82. The van der Waals surface area contributed by atoms with E-state index < -0.39 is 0 Å². The highest BCUT2D eigenvalue weighted by atomic mass is 79.9. The highest BCUT2D eigenvalue weighted by molar-refractivity contribution is 9.09. The Hall–Kier alpha value is -0.640. The molecule has 0 spiro atoms. The smallest absolute Gasteiger partial charge is 0.0809 e. The van der Waals surface area contributed by atoms with Crippen molar-refractivity contribution in [3.05, 3.63) is 17.5 Å². The van der Waals surface area contributed by atoms with Gasteiger partial charge in [0.2, 0.25) is 0 Å². The number of nitrogens with zero attached hydrogens (tertiary/aromatic N) is 3. The number of aromatic nitrogens is 3. The van der Waals surface area contributed by atoms with Crippen LogP contribution in [0.1, 0.15) is 19.5 Å². The van der Waals surface area contributed by atoms with Gasteiger partial charge in [-0.2, -0.15) is 0 Å². The van der Waals surface area contributed by atoms with Crippen molar-refractivity contribution in [2.24, 2.45) is 7.05 Å². The summed E-state index contributed by atoms with van der Waals surface area (Å²) in [4.78, 5) is 0.396. The van der Waals surface area contributed by atoms with E-state index >= 15 is 0 Å². The van der Waals surface area contributed by atoms with Crippen LogP contribution in [0, 0.1) is 0 Å². The summed E-state index contributed by atoms with van der Waals surface area (Å²) in [6.45, 7) is 4.17. The first kappa shape index (κ1) is 9.45. The predicted molar refractivity (Wildman–Crippen MR) is 53.0 cm³/mol. The Kier molecular flexibility index (Phi) is 3.03. The summed E-state index contributed by atoms with van der Waals surface area (Å²) >= 11 is 3.49. The Morgan fingerprint density at radius 3 is 2.83 bits per heavy atom. The molecule has 66 valence electrons. The zero-order valence-corrected chi connectivity index (χ0v) is 9.04. The summed E-state index contributed by atoms with van der Waals surface area (Å²) in [5, 5.41) is 7.62. The first-order chi connectivity index (χ1) is 5.61.